The van der Waals surface area contributed by atoms with Gasteiger partial charge in [-0.15, -0.1) is 0 Å². The lowest BCUT2D eigenvalue weighted by atomic mass is 9.81. The molecular weight excluding hydrogens is 1270 g/mol. The summed E-state index contributed by atoms with van der Waals surface area (Å²) >= 11 is 0. The van der Waals surface area contributed by atoms with Gasteiger partial charge in [-0.2, -0.15) is 13.7 Å². The molecule has 0 unspecified atom stereocenters. The number of benzene rings is 8. The van der Waals surface area contributed by atoms with E-state index < -0.39 is 41.4 Å². The van der Waals surface area contributed by atoms with E-state index in [2.05, 4.69) is 184 Å². The second-order valence-electron chi connectivity index (χ2n) is 27.7. The highest BCUT2D eigenvalue weighted by Crippen LogP contribution is 2.43. The van der Waals surface area contributed by atoms with Crippen LogP contribution < -0.4 is 10.6 Å². The molecule has 0 aromatic heterocycles. The lowest BCUT2D eigenvalue weighted by molar-refractivity contribution is -0.439. The number of esters is 4. The van der Waals surface area contributed by atoms with Crippen LogP contribution in [0, 0.1) is 5.92 Å². The molecule has 5 heterocycles. The monoisotopic (exact) mass is 1370 g/mol. The molecule has 8 aromatic rings. The van der Waals surface area contributed by atoms with Gasteiger partial charge < -0.3 is 29.6 Å². The van der Waals surface area contributed by atoms with Gasteiger partial charge in [-0.05, 0) is 77.9 Å². The predicted molar refractivity (Wildman–Crippen MR) is 411 cm³/mol. The number of cyclic esters (lactones) is 4. The Balaban J connectivity index is 0.000000154. The third-order valence-electron chi connectivity index (χ3n) is 19.3. The third-order valence-corrected chi connectivity index (χ3v) is 19.3. The summed E-state index contributed by atoms with van der Waals surface area (Å²) in [6.07, 6.45) is 16.3. The van der Waals surface area contributed by atoms with E-state index in [-0.39, 0.29) is 22.7 Å². The zero-order valence-corrected chi connectivity index (χ0v) is 61.5. The number of hydrogen-bond donors (Lipinski definition) is 2. The van der Waals surface area contributed by atoms with Crippen molar-refractivity contribution in [3.63, 3.8) is 0 Å². The Morgan fingerprint density at radius 1 is 0.422 bits per heavy atom. The Kier molecular flexibility index (Phi) is 25.7. The van der Waals surface area contributed by atoms with Gasteiger partial charge in [-0.3, -0.25) is 19.2 Å². The molecule has 5 aliphatic heterocycles. The summed E-state index contributed by atoms with van der Waals surface area (Å²) < 4.78 is 28.6. The number of carbonyl (C=O) groups is 4. The summed E-state index contributed by atoms with van der Waals surface area (Å²) in [4.78, 5) is 52.2. The number of hydrogen-bond acceptors (Lipinski definition) is 10. The number of anilines is 2. The Hall–Kier alpha value is -10.6. The van der Waals surface area contributed by atoms with Crippen molar-refractivity contribution in [2.75, 3.05) is 30.3 Å². The van der Waals surface area contributed by atoms with Gasteiger partial charge in [0.1, 0.15) is 26.1 Å². The Morgan fingerprint density at radius 2 is 0.775 bits per heavy atom. The molecule has 8 aromatic carbocycles. The fourth-order valence-electron chi connectivity index (χ4n) is 13.3. The molecule has 102 heavy (non-hydrogen) atoms. The number of nitrogens with zero attached hydrogens (tertiary/aromatic N) is 4. The van der Waals surface area contributed by atoms with E-state index in [9.17, 15) is 19.2 Å². The van der Waals surface area contributed by atoms with Crippen LogP contribution in [0.3, 0.4) is 0 Å². The van der Waals surface area contributed by atoms with Crippen molar-refractivity contribution in [2.45, 2.75) is 156 Å². The Labute approximate surface area is 603 Å². The van der Waals surface area contributed by atoms with E-state index in [0.29, 0.717) is 11.1 Å². The average molecular weight is 1370 g/mol. The quantitative estimate of drug-likeness (QED) is 0.0263. The van der Waals surface area contributed by atoms with Crippen molar-refractivity contribution in [3.8, 4) is 0 Å². The van der Waals surface area contributed by atoms with Crippen molar-refractivity contribution in [1.29, 1.82) is 0 Å². The molecule has 0 aliphatic carbocycles. The minimum Gasteiger partial charge on any atom is -0.418 e. The Morgan fingerprint density at radius 3 is 1.22 bits per heavy atom. The molecule has 2 N–H and O–H groups in total. The number of nitrogens with one attached hydrogen (secondary N) is 2. The lowest BCUT2D eigenvalue weighted by Gasteiger charge is -2.35. The van der Waals surface area contributed by atoms with Gasteiger partial charge in [0.2, 0.25) is 17.1 Å². The van der Waals surface area contributed by atoms with Gasteiger partial charge >= 0.3 is 23.9 Å². The van der Waals surface area contributed by atoms with Crippen LogP contribution in [0.15, 0.2) is 254 Å². The van der Waals surface area contributed by atoms with Crippen molar-refractivity contribution >= 4 is 81.5 Å². The molecule has 0 saturated carbocycles. The average Bonchev–Trinajstić information content (AvgIpc) is 1.59. The van der Waals surface area contributed by atoms with Crippen LogP contribution in [0.1, 0.15) is 156 Å². The standard InChI is InChI=1S/C27H30NO4.C22H26N2.C15H22N.C13H12N2.C11H10O4/c1-5-6-18-28-22-15-11-10-14-21(22)26(2,3)23(28)17-16-20-24(29)31-27(4,32-25(20)30)19-12-8-7-9-13-19;1-4-5-17-24-20-14-10-9-13-19(20)22(2,3)21(24)15-16-23-18-11-7-6-8-12-18;1-5-6-11-16-12(2)15(3,4)13-9-7-8-10-14(13)16;1-3-7-12(8-4-1)14-11-15-13-9-5-2-6-10-13;1-11(8-5-3-2-4-6-8)14-9(12)7-10(13)15-11/h7-17,20H,5-6,18H2,1-4H3;6-16H,4-5,17H2,1-3H3;7-10H,5-6,11H2,1-4H3;1-11H,(H,14,15);2-6H,7H2,1H3/q+1;;+1;;/p+1/b17-16+;;;;. The van der Waals surface area contributed by atoms with Crippen molar-refractivity contribution in [3.05, 3.63) is 277 Å². The normalized spacial score (nSPS) is 18.5. The molecule has 0 radical (unpaired) electrons. The van der Waals surface area contributed by atoms with Gasteiger partial charge in [0.15, 0.2) is 23.1 Å². The van der Waals surface area contributed by atoms with E-state index in [1.165, 1.54) is 70.9 Å². The molecule has 5 aliphatic rings. The molecule has 14 heteroatoms. The zero-order chi connectivity index (χ0) is 72.9. The zero-order valence-electron chi connectivity index (χ0n) is 61.5. The van der Waals surface area contributed by atoms with Crippen LogP contribution >= 0.6 is 0 Å². The van der Waals surface area contributed by atoms with E-state index in [0.717, 1.165) is 55.2 Å². The molecule has 2 saturated heterocycles. The number of rotatable bonds is 19. The first-order chi connectivity index (χ1) is 49.1. The first-order valence-corrected chi connectivity index (χ1v) is 35.8. The van der Waals surface area contributed by atoms with Gasteiger partial charge in [0, 0.05) is 116 Å². The Bertz CT molecular complexity index is 4330. The second kappa shape index (κ2) is 34.7. The third kappa shape index (κ3) is 18.3. The number of allylic oxidation sites excluding steroid dienone is 2. The van der Waals surface area contributed by atoms with Crippen LogP contribution in [-0.2, 0) is 65.9 Å². The van der Waals surface area contributed by atoms with E-state index in [1.807, 2.05) is 121 Å². The highest BCUT2D eigenvalue weighted by Gasteiger charge is 2.49. The molecule has 0 spiro atoms. The van der Waals surface area contributed by atoms with E-state index in [4.69, 9.17) is 18.9 Å². The van der Waals surface area contributed by atoms with Crippen LogP contribution in [0.5, 0.6) is 0 Å². The molecule has 0 atom stereocenters. The van der Waals surface area contributed by atoms with Crippen molar-refractivity contribution < 1.29 is 51.9 Å². The van der Waals surface area contributed by atoms with Gasteiger partial charge in [-0.1, -0.05) is 216 Å². The maximum atomic E-state index is 12.8. The van der Waals surface area contributed by atoms with Crippen LogP contribution in [0.2, 0.25) is 0 Å². The molecular formula is C88H101N6O8+3. The molecule has 528 valence electrons. The number of para-hydroxylation sites is 6. The summed E-state index contributed by atoms with van der Waals surface area (Å²) in [5.41, 5.74) is 16.3. The van der Waals surface area contributed by atoms with Crippen molar-refractivity contribution in [2.24, 2.45) is 10.9 Å². The van der Waals surface area contributed by atoms with Gasteiger partial charge in [-0.25, -0.2) is 4.99 Å². The number of aliphatic imine (C=N–C) groups is 1. The number of carbonyl (C=O) groups excluding carboxylic acids is 4. The minimum atomic E-state index is -1.41. The van der Waals surface area contributed by atoms with Crippen LogP contribution in [0.4, 0.5) is 34.1 Å². The molecule has 14 nitrogen and oxygen atoms in total. The number of ether oxygens (including phenoxy) is 4. The lowest BCUT2D eigenvalue weighted by Crippen LogP contribution is -2.45. The second-order valence-corrected chi connectivity index (χ2v) is 27.7. The highest BCUT2D eigenvalue weighted by molar-refractivity contribution is 6.06. The smallest absolute Gasteiger partial charge is 0.327 e. The molecule has 13 rings (SSSR count). The topological polar surface area (TPSA) is 151 Å². The van der Waals surface area contributed by atoms with Gasteiger partial charge in [0.25, 0.3) is 11.6 Å². The summed E-state index contributed by atoms with van der Waals surface area (Å²) in [5.74, 6) is -6.10. The largest absolute Gasteiger partial charge is 0.418 e. The first-order valence-electron chi connectivity index (χ1n) is 35.8. The highest BCUT2D eigenvalue weighted by atomic mass is 16.8. The molecule has 2 fully saturated rings. The van der Waals surface area contributed by atoms with Crippen LogP contribution in [-0.4, -0.2) is 80.7 Å². The summed E-state index contributed by atoms with van der Waals surface area (Å²) in [6.45, 7) is 28.8. The van der Waals surface area contributed by atoms with Crippen LogP contribution in [0.25, 0.3) is 0 Å². The minimum absolute atomic E-state index is 0.0270. The fourth-order valence-corrected chi connectivity index (χ4v) is 13.3. The molecule has 0 amide bonds. The summed E-state index contributed by atoms with van der Waals surface area (Å²) in [6, 6.07) is 74.0. The SMILES string of the molecule is C(=Nc1ccccc1)Nc1ccccc1.CC1(c2ccccc2)OC(=O)CC(=O)O1.CCCC[N+]1=C(/C=C/C2C(=O)OC(C)(c3ccccc3)OC2=O)C(C)(C)c2ccccc21.CCCC[N+]1=C(/C=C/Nc2ccccc2)C(C)(C)c2ccccc21.CCCC[N+]1=C(C)C(C)(C)c2ccccc21. The van der Waals surface area contributed by atoms with E-state index >= 15 is 0 Å². The number of fused-ring (bicyclic) bond motifs is 3. The summed E-state index contributed by atoms with van der Waals surface area (Å²) in [7, 11) is 0. The molecule has 0 bridgehead atoms. The fraction of sp³-hybridized carbons (Fsp3) is 0.318. The maximum Gasteiger partial charge on any atom is 0.327 e. The predicted octanol–water partition coefficient (Wildman–Crippen LogP) is 19.2. The summed E-state index contributed by atoms with van der Waals surface area (Å²) in [5, 5.41) is 6.49. The van der Waals surface area contributed by atoms with Crippen molar-refractivity contribution in [1.82, 2.24) is 0 Å². The van der Waals surface area contributed by atoms with Gasteiger partial charge in [0.05, 0.1) is 28.3 Å². The first kappa shape index (κ1) is 75.6. The van der Waals surface area contributed by atoms with E-state index in [1.54, 1.807) is 62.7 Å². The maximum absolute atomic E-state index is 12.8. The number of unbranched alkanes of at least 4 members (excludes halogenated alkanes) is 3.